The third-order valence-corrected chi connectivity index (χ3v) is 2.33. The summed E-state index contributed by atoms with van der Waals surface area (Å²) in [4.78, 5) is 0. The molecule has 0 N–H and O–H groups in total. The summed E-state index contributed by atoms with van der Waals surface area (Å²) >= 11 is 0.180. The fraction of sp³-hybridized carbons (Fsp3) is 0. The Bertz CT molecular complexity index is 78.0. The fourth-order valence-corrected chi connectivity index (χ4v) is 1.59. The molecule has 0 atom stereocenters. The Morgan fingerprint density at radius 1 is 0.857 bits per heavy atom. The van der Waals surface area contributed by atoms with Gasteiger partial charge in [-0.3, -0.25) is 0 Å². The van der Waals surface area contributed by atoms with Crippen LogP contribution in [0.2, 0.25) is 0 Å². The van der Waals surface area contributed by atoms with E-state index in [9.17, 15) is 0 Å². The summed E-state index contributed by atoms with van der Waals surface area (Å²) in [5.74, 6) is 0. The first kappa shape index (κ1) is 7.93. The summed E-state index contributed by atoms with van der Waals surface area (Å²) in [5.41, 5.74) is 0. The van der Waals surface area contributed by atoms with Crippen molar-refractivity contribution >= 4 is 44.1 Å². The van der Waals surface area contributed by atoms with Gasteiger partial charge in [0.25, 0.3) is 0 Å². The van der Waals surface area contributed by atoms with E-state index in [1.54, 1.807) is 0 Å². The second-order valence-corrected chi connectivity index (χ2v) is 3.32. The normalized spacial score (nSPS) is 6.86. The molecule has 0 saturated heterocycles. The topological polar surface area (TPSA) is 0 Å². The zero-order chi connectivity index (χ0) is 4.24. The molecule has 0 aromatic carbocycles. The minimum absolute atomic E-state index is 0. The molecule has 0 saturated carbocycles. The molecular weight excluding hydrogens is 315 g/mol. The average Bonchev–Trinajstić information content (AvgIpc) is 1.72. The van der Waals surface area contributed by atoms with Gasteiger partial charge >= 0.3 is 70.5 Å². The molecule has 1 aromatic rings. The molecule has 0 unspecified atom stereocenters. The quantitative estimate of drug-likeness (QED) is 0.595. The van der Waals surface area contributed by atoms with Crippen molar-refractivity contribution < 1.29 is 0 Å². The molecule has 0 aliphatic rings. The molecule has 38 valence electrons. The second-order valence-electron chi connectivity index (χ2n) is 0.986. The molecule has 7 heavy (non-hydrogen) atoms. The van der Waals surface area contributed by atoms with Crippen LogP contribution in [0.4, 0.5) is 0 Å². The summed E-state index contributed by atoms with van der Waals surface area (Å²) in [7, 11) is 0. The first-order chi connectivity index (χ1) is 3.00. The van der Waals surface area contributed by atoms with Crippen molar-refractivity contribution in [2.45, 2.75) is 0 Å². The van der Waals surface area contributed by atoms with Gasteiger partial charge in [0, 0.05) is 0 Å². The van der Waals surface area contributed by atoms with Gasteiger partial charge in [0.2, 0.25) is 0 Å². The van der Waals surface area contributed by atoms with Crippen LogP contribution in [0.1, 0.15) is 0 Å². The molecule has 1 rings (SSSR count). The number of hydrogen-bond donors (Lipinski definition) is 0. The fourth-order valence-electron chi connectivity index (χ4n) is 0.291. The van der Waals surface area contributed by atoms with Crippen LogP contribution in [0.3, 0.4) is 0 Å². The molecule has 0 fully saturated rings. The van der Waals surface area contributed by atoms with Crippen LogP contribution in [-0.4, -0.2) is 44.1 Å². The zero-order valence-corrected chi connectivity index (χ0v) is 8.98. The van der Waals surface area contributed by atoms with Crippen molar-refractivity contribution in [3.8, 4) is 0 Å². The molecule has 1 heterocycles. The maximum atomic E-state index is 2.26. The SMILES string of the molecule is [TeH2].c1cc[te+]cc1. The van der Waals surface area contributed by atoms with E-state index in [2.05, 4.69) is 26.4 Å². The maximum absolute atomic E-state index is 2.26. The van der Waals surface area contributed by atoms with Gasteiger partial charge in [0.15, 0.2) is 0 Å². The van der Waals surface area contributed by atoms with E-state index in [0.29, 0.717) is 0 Å². The Balaban J connectivity index is 0.000000360. The van der Waals surface area contributed by atoms with E-state index in [1.165, 1.54) is 0 Å². The second kappa shape index (κ2) is 5.07. The van der Waals surface area contributed by atoms with Crippen molar-refractivity contribution in [3.63, 3.8) is 0 Å². The zero-order valence-electron chi connectivity index (χ0n) is 3.79. The molecular formula is C5H7Te2+. The van der Waals surface area contributed by atoms with Gasteiger partial charge in [-0.05, 0) is 0 Å². The molecule has 2 heteroatoms. The van der Waals surface area contributed by atoms with Gasteiger partial charge in [-0.2, -0.15) is 0 Å². The van der Waals surface area contributed by atoms with Crippen LogP contribution in [0, 0.1) is 0 Å². The van der Waals surface area contributed by atoms with E-state index >= 15 is 0 Å². The van der Waals surface area contributed by atoms with E-state index in [-0.39, 0.29) is 44.1 Å². The van der Waals surface area contributed by atoms with E-state index < -0.39 is 0 Å². The first-order valence-corrected chi connectivity index (χ1v) is 4.50. The summed E-state index contributed by atoms with van der Waals surface area (Å²) < 4.78 is 4.51. The van der Waals surface area contributed by atoms with Crippen molar-refractivity contribution in [3.05, 3.63) is 26.4 Å². The summed E-state index contributed by atoms with van der Waals surface area (Å²) in [6.07, 6.45) is 0. The first-order valence-electron chi connectivity index (χ1n) is 1.80. The van der Waals surface area contributed by atoms with Crippen LogP contribution >= 0.6 is 0 Å². The molecule has 0 spiro atoms. The molecule has 1 aromatic heterocycles. The van der Waals surface area contributed by atoms with Crippen LogP contribution in [0.15, 0.2) is 26.4 Å². The summed E-state index contributed by atoms with van der Waals surface area (Å²) in [5, 5.41) is 0. The van der Waals surface area contributed by atoms with Crippen LogP contribution in [0.25, 0.3) is 0 Å². The Labute approximate surface area is 69.9 Å². The third-order valence-electron chi connectivity index (χ3n) is 0.536. The number of rotatable bonds is 0. The van der Waals surface area contributed by atoms with Crippen molar-refractivity contribution in [1.29, 1.82) is 0 Å². The number of hydrogen-bond acceptors (Lipinski definition) is 0. The van der Waals surface area contributed by atoms with Gasteiger partial charge in [0.05, 0.1) is 0 Å². The van der Waals surface area contributed by atoms with Gasteiger partial charge in [0.1, 0.15) is 0 Å². The van der Waals surface area contributed by atoms with Crippen LogP contribution in [0.5, 0.6) is 0 Å². The molecule has 0 bridgehead atoms. The van der Waals surface area contributed by atoms with Crippen LogP contribution < -0.4 is 0 Å². The Morgan fingerprint density at radius 2 is 1.43 bits per heavy atom. The predicted molar refractivity (Wildman–Crippen MR) is 36.3 cm³/mol. The Hall–Kier alpha value is 0.929. The standard InChI is InChI=1S/C5H5Te.H2Te/c1-2-4-6-5-3-1;/h1-5H;1H2/q+1;. The van der Waals surface area contributed by atoms with Crippen molar-refractivity contribution in [2.24, 2.45) is 0 Å². The van der Waals surface area contributed by atoms with Gasteiger partial charge in [-0.25, -0.2) is 0 Å². The third kappa shape index (κ3) is 3.51. The molecule has 0 radical (unpaired) electrons. The van der Waals surface area contributed by atoms with Crippen molar-refractivity contribution in [1.82, 2.24) is 0 Å². The Morgan fingerprint density at radius 3 is 1.57 bits per heavy atom. The van der Waals surface area contributed by atoms with E-state index in [0.717, 1.165) is 0 Å². The van der Waals surface area contributed by atoms with Crippen LogP contribution in [-0.2, 0) is 0 Å². The van der Waals surface area contributed by atoms with Gasteiger partial charge in [-0.15, -0.1) is 0 Å². The van der Waals surface area contributed by atoms with Gasteiger partial charge < -0.3 is 0 Å². The summed E-state index contributed by atoms with van der Waals surface area (Å²) in [6.45, 7) is 0. The average molecular weight is 322 g/mol. The monoisotopic (exact) mass is 327 g/mol. The molecule has 0 nitrogen and oxygen atoms in total. The molecule has 0 aliphatic heterocycles. The predicted octanol–water partition coefficient (Wildman–Crippen LogP) is 0.108. The molecule has 0 amide bonds. The van der Waals surface area contributed by atoms with E-state index in [1.807, 2.05) is 0 Å². The Kier molecular flexibility index (Phi) is 5.75. The van der Waals surface area contributed by atoms with Crippen molar-refractivity contribution in [2.75, 3.05) is 0 Å². The van der Waals surface area contributed by atoms with E-state index in [4.69, 9.17) is 0 Å². The summed E-state index contributed by atoms with van der Waals surface area (Å²) in [6, 6.07) is 6.29. The van der Waals surface area contributed by atoms with Gasteiger partial charge in [-0.1, -0.05) is 0 Å². The molecule has 0 aliphatic carbocycles. The minimum atomic E-state index is 0.